The van der Waals surface area contributed by atoms with Crippen LogP contribution in [0.3, 0.4) is 0 Å². The molecule has 2 aromatic carbocycles. The van der Waals surface area contributed by atoms with Gasteiger partial charge in [0.05, 0.1) is 9.82 Å². The number of nitro groups is 1. The van der Waals surface area contributed by atoms with Crippen LogP contribution in [0.15, 0.2) is 47.4 Å². The van der Waals surface area contributed by atoms with Crippen LogP contribution in [-0.2, 0) is 16.4 Å². The van der Waals surface area contributed by atoms with Crippen molar-refractivity contribution in [1.29, 1.82) is 0 Å². The molecule has 2 aromatic rings. The number of nitrogens with one attached hydrogen (secondary N) is 1. The second-order valence-electron chi connectivity index (χ2n) is 7.25. The zero-order chi connectivity index (χ0) is 21.0. The fourth-order valence-corrected chi connectivity index (χ4v) is 4.82. The van der Waals surface area contributed by atoms with Gasteiger partial charge in [0.2, 0.25) is 10.0 Å². The SMILES string of the molecule is Cc1ccccc1CCNc1ccc(S(=O)(=O)N2CCN(C)CC2)cc1[N+](=O)[O-]. The molecule has 0 bridgehead atoms. The van der Waals surface area contributed by atoms with E-state index in [1.807, 2.05) is 38.2 Å². The molecule has 0 saturated carbocycles. The molecule has 156 valence electrons. The van der Waals surface area contributed by atoms with Crippen LogP contribution < -0.4 is 5.32 Å². The molecule has 0 aromatic heterocycles. The molecule has 1 aliphatic heterocycles. The Morgan fingerprint density at radius 3 is 2.45 bits per heavy atom. The molecule has 1 aliphatic rings. The number of piperazine rings is 1. The van der Waals surface area contributed by atoms with E-state index >= 15 is 0 Å². The summed E-state index contributed by atoms with van der Waals surface area (Å²) in [6.45, 7) is 4.57. The molecular weight excluding hydrogens is 392 g/mol. The monoisotopic (exact) mass is 418 g/mol. The fourth-order valence-electron chi connectivity index (χ4n) is 3.37. The maximum Gasteiger partial charge on any atom is 0.293 e. The molecule has 0 spiro atoms. The van der Waals surface area contributed by atoms with E-state index in [0.29, 0.717) is 44.8 Å². The van der Waals surface area contributed by atoms with Gasteiger partial charge in [-0.2, -0.15) is 4.31 Å². The van der Waals surface area contributed by atoms with E-state index in [-0.39, 0.29) is 10.6 Å². The summed E-state index contributed by atoms with van der Waals surface area (Å²) in [7, 11) is -1.82. The van der Waals surface area contributed by atoms with Gasteiger partial charge >= 0.3 is 0 Å². The van der Waals surface area contributed by atoms with Gasteiger partial charge in [-0.05, 0) is 43.7 Å². The van der Waals surface area contributed by atoms with E-state index in [9.17, 15) is 18.5 Å². The lowest BCUT2D eigenvalue weighted by atomic mass is 10.1. The van der Waals surface area contributed by atoms with E-state index in [2.05, 4.69) is 10.2 Å². The highest BCUT2D eigenvalue weighted by atomic mass is 32.2. The van der Waals surface area contributed by atoms with E-state index in [1.165, 1.54) is 16.4 Å². The Balaban J connectivity index is 1.76. The van der Waals surface area contributed by atoms with Gasteiger partial charge in [0, 0.05) is 38.8 Å². The molecule has 1 saturated heterocycles. The Morgan fingerprint density at radius 2 is 1.79 bits per heavy atom. The number of hydrogen-bond donors (Lipinski definition) is 1. The molecule has 3 rings (SSSR count). The van der Waals surface area contributed by atoms with Crippen molar-refractivity contribution in [3.05, 3.63) is 63.7 Å². The van der Waals surface area contributed by atoms with E-state index < -0.39 is 14.9 Å². The van der Waals surface area contributed by atoms with E-state index in [1.54, 1.807) is 0 Å². The third-order valence-electron chi connectivity index (χ3n) is 5.24. The van der Waals surface area contributed by atoms with Crippen molar-refractivity contribution in [2.45, 2.75) is 18.2 Å². The largest absolute Gasteiger partial charge is 0.379 e. The Hall–Kier alpha value is -2.49. The Kier molecular flexibility index (Phi) is 6.51. The number of rotatable bonds is 7. The maximum atomic E-state index is 12.9. The first-order valence-corrected chi connectivity index (χ1v) is 11.0. The summed E-state index contributed by atoms with van der Waals surface area (Å²) >= 11 is 0. The van der Waals surface area contributed by atoms with E-state index in [0.717, 1.165) is 17.2 Å². The van der Waals surface area contributed by atoms with Crippen molar-refractivity contribution in [2.75, 3.05) is 45.1 Å². The summed E-state index contributed by atoms with van der Waals surface area (Å²) in [6.07, 6.45) is 0.713. The smallest absolute Gasteiger partial charge is 0.293 e. The van der Waals surface area contributed by atoms with Crippen LogP contribution in [-0.4, -0.2) is 62.3 Å². The van der Waals surface area contributed by atoms with Gasteiger partial charge in [0.25, 0.3) is 5.69 Å². The van der Waals surface area contributed by atoms with Crippen molar-refractivity contribution in [3.63, 3.8) is 0 Å². The maximum absolute atomic E-state index is 12.9. The highest BCUT2D eigenvalue weighted by Crippen LogP contribution is 2.29. The molecule has 0 atom stereocenters. The zero-order valence-corrected chi connectivity index (χ0v) is 17.5. The highest BCUT2D eigenvalue weighted by molar-refractivity contribution is 7.89. The molecule has 0 aliphatic carbocycles. The predicted molar refractivity (Wildman–Crippen MR) is 113 cm³/mol. The molecule has 8 nitrogen and oxygen atoms in total. The number of anilines is 1. The predicted octanol–water partition coefficient (Wildman–Crippen LogP) is 2.49. The minimum Gasteiger partial charge on any atom is -0.379 e. The third kappa shape index (κ3) is 4.92. The number of hydrogen-bond acceptors (Lipinski definition) is 6. The lowest BCUT2D eigenvalue weighted by Crippen LogP contribution is -2.47. The summed E-state index contributed by atoms with van der Waals surface area (Å²) in [5.41, 5.74) is 2.42. The molecular formula is C20H26N4O4S. The average molecular weight is 419 g/mol. The quantitative estimate of drug-likeness (QED) is 0.548. The van der Waals surface area contributed by atoms with Crippen LogP contribution in [0, 0.1) is 17.0 Å². The number of likely N-dealkylation sites (N-methyl/N-ethyl adjacent to an activating group) is 1. The molecule has 29 heavy (non-hydrogen) atoms. The minimum absolute atomic E-state index is 0.0433. The molecule has 1 fully saturated rings. The number of aryl methyl sites for hydroxylation is 1. The molecule has 0 unspecified atom stereocenters. The van der Waals surface area contributed by atoms with Crippen molar-refractivity contribution >= 4 is 21.4 Å². The second-order valence-corrected chi connectivity index (χ2v) is 9.18. The van der Waals surface area contributed by atoms with Gasteiger partial charge in [-0.3, -0.25) is 10.1 Å². The van der Waals surface area contributed by atoms with Crippen LogP contribution in [0.5, 0.6) is 0 Å². The lowest BCUT2D eigenvalue weighted by Gasteiger charge is -2.31. The van der Waals surface area contributed by atoms with Crippen molar-refractivity contribution in [3.8, 4) is 0 Å². The number of benzene rings is 2. The first-order chi connectivity index (χ1) is 13.8. The standard InChI is InChI=1S/C20H26N4O4S/c1-16-5-3-4-6-17(16)9-10-21-19-8-7-18(15-20(19)24(25)26)29(27,28)23-13-11-22(2)12-14-23/h3-8,15,21H,9-14H2,1-2H3. The van der Waals surface area contributed by atoms with Crippen molar-refractivity contribution < 1.29 is 13.3 Å². The zero-order valence-electron chi connectivity index (χ0n) is 16.7. The highest BCUT2D eigenvalue weighted by Gasteiger charge is 2.29. The van der Waals surface area contributed by atoms with Crippen LogP contribution >= 0.6 is 0 Å². The summed E-state index contributed by atoms with van der Waals surface area (Å²) in [5.74, 6) is 0. The summed E-state index contributed by atoms with van der Waals surface area (Å²) < 4.78 is 27.1. The molecule has 0 radical (unpaired) electrons. The molecule has 1 heterocycles. The topological polar surface area (TPSA) is 95.8 Å². The fraction of sp³-hybridized carbons (Fsp3) is 0.400. The first-order valence-electron chi connectivity index (χ1n) is 9.54. The summed E-state index contributed by atoms with van der Waals surface area (Å²) in [6, 6.07) is 12.1. The minimum atomic E-state index is -3.75. The second kappa shape index (κ2) is 8.89. The number of nitrogens with zero attached hydrogens (tertiary/aromatic N) is 3. The Bertz CT molecular complexity index is 986. The van der Waals surface area contributed by atoms with Crippen molar-refractivity contribution in [2.24, 2.45) is 0 Å². The van der Waals surface area contributed by atoms with Crippen LogP contribution in [0.1, 0.15) is 11.1 Å². The van der Waals surface area contributed by atoms with Crippen LogP contribution in [0.25, 0.3) is 0 Å². The summed E-state index contributed by atoms with van der Waals surface area (Å²) in [4.78, 5) is 13.0. The molecule has 0 amide bonds. The number of nitro benzene ring substituents is 1. The van der Waals surface area contributed by atoms with Gasteiger partial charge in [-0.15, -0.1) is 0 Å². The molecule has 1 N–H and O–H groups in total. The van der Waals surface area contributed by atoms with Gasteiger partial charge < -0.3 is 10.2 Å². The Labute approximate surface area is 171 Å². The normalized spacial score (nSPS) is 15.9. The van der Waals surface area contributed by atoms with Gasteiger partial charge in [-0.25, -0.2) is 8.42 Å². The Morgan fingerprint density at radius 1 is 1.10 bits per heavy atom. The average Bonchev–Trinajstić information content (AvgIpc) is 2.69. The van der Waals surface area contributed by atoms with Gasteiger partial charge in [0.1, 0.15) is 5.69 Å². The third-order valence-corrected chi connectivity index (χ3v) is 7.13. The number of sulfonamides is 1. The summed E-state index contributed by atoms with van der Waals surface area (Å²) in [5, 5.41) is 14.6. The van der Waals surface area contributed by atoms with Crippen LogP contribution in [0.2, 0.25) is 0 Å². The van der Waals surface area contributed by atoms with E-state index in [4.69, 9.17) is 0 Å². The van der Waals surface area contributed by atoms with Gasteiger partial charge in [-0.1, -0.05) is 24.3 Å². The van der Waals surface area contributed by atoms with Crippen molar-refractivity contribution in [1.82, 2.24) is 9.21 Å². The first kappa shape index (κ1) is 21.2. The van der Waals surface area contributed by atoms with Crippen LogP contribution in [0.4, 0.5) is 11.4 Å². The lowest BCUT2D eigenvalue weighted by molar-refractivity contribution is -0.384. The molecule has 9 heteroatoms. The van der Waals surface area contributed by atoms with Gasteiger partial charge in [0.15, 0.2) is 0 Å².